The average molecular weight is 534 g/mol. The van der Waals surface area contributed by atoms with Gasteiger partial charge in [-0.05, 0) is 50.8 Å². The number of hydrogen-bond acceptors (Lipinski definition) is 9. The van der Waals surface area contributed by atoms with E-state index in [1.54, 1.807) is 14.2 Å². The molecule has 2 aromatic heterocycles. The molecule has 0 radical (unpaired) electrons. The highest BCUT2D eigenvalue weighted by Gasteiger charge is 2.31. The molecule has 3 aromatic rings. The molecule has 9 heteroatoms. The third-order valence-electron chi connectivity index (χ3n) is 7.25. The van der Waals surface area contributed by atoms with E-state index in [2.05, 4.69) is 65.7 Å². The van der Waals surface area contributed by atoms with Crippen molar-refractivity contribution in [3.8, 4) is 11.3 Å². The van der Waals surface area contributed by atoms with Crippen LogP contribution in [0, 0.1) is 5.92 Å². The van der Waals surface area contributed by atoms with Gasteiger partial charge in [0.15, 0.2) is 6.29 Å². The minimum absolute atomic E-state index is 0.117. The third kappa shape index (κ3) is 7.88. The molecule has 3 heterocycles. The Balaban J connectivity index is 1.56. The van der Waals surface area contributed by atoms with E-state index in [9.17, 15) is 0 Å². The second-order valence-electron chi connectivity index (χ2n) is 10.6. The zero-order chi connectivity index (χ0) is 27.8. The predicted molar refractivity (Wildman–Crippen MR) is 158 cm³/mol. The Morgan fingerprint density at radius 2 is 1.74 bits per heavy atom. The van der Waals surface area contributed by atoms with Gasteiger partial charge in [0, 0.05) is 63.3 Å². The maximum Gasteiger partial charge on any atom is 0.225 e. The lowest BCUT2D eigenvalue weighted by Gasteiger charge is -2.28. The Hall–Kier alpha value is -3.27. The molecule has 9 nitrogen and oxygen atoms in total. The van der Waals surface area contributed by atoms with Crippen molar-refractivity contribution in [1.29, 1.82) is 0 Å². The number of methoxy groups -OCH3 is 2. The number of rotatable bonds is 13. The topological polar surface area (TPSA) is 96.5 Å². The van der Waals surface area contributed by atoms with Crippen molar-refractivity contribution >= 4 is 17.6 Å². The van der Waals surface area contributed by atoms with Crippen molar-refractivity contribution < 1.29 is 9.47 Å². The largest absolute Gasteiger partial charge is 0.365 e. The molecule has 0 saturated carbocycles. The second-order valence-corrected chi connectivity index (χ2v) is 10.6. The SMILES string of the molecule is COC(CNc1cc(-c2ccnc(N[C@@H](C)c3ccccc3)c2)nc(NCC2CC(C)CN2C(C)C)n1)OC. The summed E-state index contributed by atoms with van der Waals surface area (Å²) in [4.78, 5) is 16.8. The van der Waals surface area contributed by atoms with Crippen molar-refractivity contribution in [3.63, 3.8) is 0 Å². The molecule has 0 aliphatic carbocycles. The fraction of sp³-hybridized carbons (Fsp3) is 0.500. The molecule has 0 bridgehead atoms. The number of anilines is 3. The highest BCUT2D eigenvalue weighted by atomic mass is 16.7. The van der Waals surface area contributed by atoms with Crippen molar-refractivity contribution in [2.45, 2.75) is 58.5 Å². The molecule has 210 valence electrons. The summed E-state index contributed by atoms with van der Waals surface area (Å²) >= 11 is 0. The van der Waals surface area contributed by atoms with Gasteiger partial charge in [-0.2, -0.15) is 4.98 Å². The number of benzene rings is 1. The van der Waals surface area contributed by atoms with Crippen LogP contribution in [0.5, 0.6) is 0 Å². The van der Waals surface area contributed by atoms with Gasteiger partial charge in [0.2, 0.25) is 5.95 Å². The van der Waals surface area contributed by atoms with Crippen LogP contribution in [0.25, 0.3) is 11.3 Å². The summed E-state index contributed by atoms with van der Waals surface area (Å²) in [5.41, 5.74) is 2.96. The molecule has 0 spiro atoms. The molecule has 1 saturated heterocycles. The van der Waals surface area contributed by atoms with Crippen LogP contribution in [0.1, 0.15) is 45.7 Å². The molecule has 0 amide bonds. The maximum absolute atomic E-state index is 5.35. The number of nitrogens with zero attached hydrogens (tertiary/aromatic N) is 4. The van der Waals surface area contributed by atoms with Crippen LogP contribution >= 0.6 is 0 Å². The molecule has 1 aromatic carbocycles. The summed E-state index contributed by atoms with van der Waals surface area (Å²) in [5.74, 6) is 2.77. The van der Waals surface area contributed by atoms with Crippen LogP contribution in [0.2, 0.25) is 0 Å². The van der Waals surface area contributed by atoms with E-state index in [1.807, 2.05) is 42.6 Å². The van der Waals surface area contributed by atoms with Crippen molar-refractivity contribution in [3.05, 3.63) is 60.3 Å². The quantitative estimate of drug-likeness (QED) is 0.254. The Morgan fingerprint density at radius 1 is 0.974 bits per heavy atom. The summed E-state index contributed by atoms with van der Waals surface area (Å²) in [6, 6.07) is 17.4. The van der Waals surface area contributed by atoms with E-state index < -0.39 is 0 Å². The molecular weight excluding hydrogens is 490 g/mol. The van der Waals surface area contributed by atoms with Crippen LogP contribution < -0.4 is 16.0 Å². The standard InChI is InChI=1S/C30H43N7O2/c1-20(2)37-19-21(3)14-25(37)17-33-30-35-26(16-28(36-30)32-18-29(38-5)39-6)24-12-13-31-27(15-24)34-22(4)23-10-8-7-9-11-23/h7-13,15-16,20-22,25,29H,14,17-19H2,1-6H3,(H,31,34)(H2,32,33,35,36)/t21?,22-,25?/m0/s1. The molecule has 4 rings (SSSR count). The van der Waals surface area contributed by atoms with Crippen LogP contribution in [0.4, 0.5) is 17.6 Å². The van der Waals surface area contributed by atoms with Crippen LogP contribution in [-0.2, 0) is 9.47 Å². The first-order valence-electron chi connectivity index (χ1n) is 13.8. The van der Waals surface area contributed by atoms with Crippen molar-refractivity contribution in [2.75, 3.05) is 49.8 Å². The lowest BCUT2D eigenvalue weighted by atomic mass is 10.1. The fourth-order valence-corrected chi connectivity index (χ4v) is 5.16. The summed E-state index contributed by atoms with van der Waals surface area (Å²) in [7, 11) is 3.25. The zero-order valence-corrected chi connectivity index (χ0v) is 24.0. The number of likely N-dealkylation sites (tertiary alicyclic amines) is 1. The Morgan fingerprint density at radius 3 is 2.46 bits per heavy atom. The van der Waals surface area contributed by atoms with Gasteiger partial charge in [0.25, 0.3) is 0 Å². The minimum Gasteiger partial charge on any atom is -0.365 e. The van der Waals surface area contributed by atoms with Crippen LogP contribution in [0.15, 0.2) is 54.7 Å². The molecule has 3 atom stereocenters. The minimum atomic E-state index is -0.379. The maximum atomic E-state index is 5.35. The summed E-state index contributed by atoms with van der Waals surface area (Å²) in [6.45, 7) is 11.4. The number of aromatic nitrogens is 3. The first-order chi connectivity index (χ1) is 18.9. The lowest BCUT2D eigenvalue weighted by Crippen LogP contribution is -2.39. The van der Waals surface area contributed by atoms with Gasteiger partial charge in [0.1, 0.15) is 11.6 Å². The van der Waals surface area contributed by atoms with E-state index in [0.29, 0.717) is 36.3 Å². The van der Waals surface area contributed by atoms with Crippen molar-refractivity contribution in [2.24, 2.45) is 5.92 Å². The number of hydrogen-bond donors (Lipinski definition) is 3. The van der Waals surface area contributed by atoms with E-state index in [0.717, 1.165) is 36.6 Å². The first kappa shape index (κ1) is 28.7. The fourth-order valence-electron chi connectivity index (χ4n) is 5.16. The average Bonchev–Trinajstić information content (AvgIpc) is 3.34. The van der Waals surface area contributed by atoms with Gasteiger partial charge in [-0.1, -0.05) is 37.3 Å². The van der Waals surface area contributed by atoms with Gasteiger partial charge in [-0.3, -0.25) is 4.90 Å². The van der Waals surface area contributed by atoms with E-state index in [1.165, 1.54) is 5.56 Å². The highest BCUT2D eigenvalue weighted by Crippen LogP contribution is 2.27. The highest BCUT2D eigenvalue weighted by molar-refractivity contribution is 5.67. The first-order valence-corrected chi connectivity index (χ1v) is 13.8. The molecule has 1 aliphatic rings. The second kappa shape index (κ2) is 13.7. The van der Waals surface area contributed by atoms with Gasteiger partial charge in [-0.15, -0.1) is 0 Å². The molecule has 3 N–H and O–H groups in total. The van der Waals surface area contributed by atoms with E-state index >= 15 is 0 Å². The van der Waals surface area contributed by atoms with Crippen LogP contribution in [-0.4, -0.2) is 72.1 Å². The summed E-state index contributed by atoms with van der Waals surface area (Å²) in [6.07, 6.45) is 2.60. The van der Waals surface area contributed by atoms with Gasteiger partial charge in [-0.25, -0.2) is 9.97 Å². The van der Waals surface area contributed by atoms with Crippen molar-refractivity contribution in [1.82, 2.24) is 19.9 Å². The number of pyridine rings is 1. The number of nitrogens with one attached hydrogen (secondary N) is 3. The van der Waals surface area contributed by atoms with E-state index in [-0.39, 0.29) is 12.3 Å². The predicted octanol–water partition coefficient (Wildman–Crippen LogP) is 5.27. The van der Waals surface area contributed by atoms with Gasteiger partial charge in [0.05, 0.1) is 12.2 Å². The Kier molecular flexibility index (Phi) is 10.1. The molecular formula is C30H43N7O2. The van der Waals surface area contributed by atoms with E-state index in [4.69, 9.17) is 19.4 Å². The summed E-state index contributed by atoms with van der Waals surface area (Å²) in [5, 5.41) is 10.4. The monoisotopic (exact) mass is 533 g/mol. The zero-order valence-electron chi connectivity index (χ0n) is 24.0. The molecule has 2 unspecified atom stereocenters. The van der Waals surface area contributed by atoms with Gasteiger partial charge < -0.3 is 25.4 Å². The summed E-state index contributed by atoms with van der Waals surface area (Å²) < 4.78 is 10.7. The molecule has 39 heavy (non-hydrogen) atoms. The smallest absolute Gasteiger partial charge is 0.225 e. The normalized spacial score (nSPS) is 18.5. The van der Waals surface area contributed by atoms with Crippen LogP contribution in [0.3, 0.4) is 0 Å². The Labute approximate surface area is 232 Å². The Bertz CT molecular complexity index is 1170. The van der Waals surface area contributed by atoms with Gasteiger partial charge >= 0.3 is 0 Å². The third-order valence-corrected chi connectivity index (χ3v) is 7.25. The molecule has 1 fully saturated rings. The molecule has 1 aliphatic heterocycles. The number of ether oxygens (including phenoxy) is 2. The lowest BCUT2D eigenvalue weighted by molar-refractivity contribution is -0.0914.